The Morgan fingerprint density at radius 2 is 2.16 bits per heavy atom. The molecular weight excluding hydrogens is 300 g/mol. The fraction of sp³-hybridized carbons (Fsp3) is 0.875. The standard InChI is InChI=1S/C16H29BrN2/c1-3-13-8-7-12(2)16(10-13)19-18-15-6-4-5-14(9-15)11-17/h9,12-14,16,18-19H,3-8,10-11H2,1-2H3/t12-,13-,14?,16+/m0/s1. The van der Waals surface area contributed by atoms with E-state index < -0.39 is 0 Å². The van der Waals surface area contributed by atoms with Gasteiger partial charge in [0.25, 0.3) is 0 Å². The first-order valence-electron chi connectivity index (χ1n) is 8.01. The second-order valence-electron chi connectivity index (χ2n) is 6.44. The maximum absolute atomic E-state index is 3.62. The molecule has 0 spiro atoms. The molecule has 0 heterocycles. The molecule has 0 aromatic heterocycles. The van der Waals surface area contributed by atoms with Crippen LogP contribution in [-0.2, 0) is 0 Å². The normalized spacial score (nSPS) is 35.8. The van der Waals surface area contributed by atoms with E-state index in [-0.39, 0.29) is 0 Å². The Bertz CT molecular complexity index is 303. The summed E-state index contributed by atoms with van der Waals surface area (Å²) in [6.07, 6.45) is 11.7. The number of hydrogen-bond acceptors (Lipinski definition) is 2. The molecule has 2 N–H and O–H groups in total. The van der Waals surface area contributed by atoms with Crippen molar-refractivity contribution in [1.29, 1.82) is 0 Å². The Morgan fingerprint density at radius 1 is 1.32 bits per heavy atom. The molecule has 0 aliphatic heterocycles. The van der Waals surface area contributed by atoms with E-state index in [2.05, 4.69) is 46.7 Å². The van der Waals surface area contributed by atoms with Gasteiger partial charge in [0.15, 0.2) is 0 Å². The lowest BCUT2D eigenvalue weighted by Gasteiger charge is -2.35. The Labute approximate surface area is 126 Å². The van der Waals surface area contributed by atoms with E-state index in [1.54, 1.807) is 0 Å². The second kappa shape index (κ2) is 7.68. The van der Waals surface area contributed by atoms with Crippen molar-refractivity contribution in [2.24, 2.45) is 17.8 Å². The minimum atomic E-state index is 0.643. The molecule has 2 rings (SSSR count). The van der Waals surface area contributed by atoms with Gasteiger partial charge in [-0.1, -0.05) is 48.7 Å². The molecule has 1 saturated carbocycles. The Hall–Kier alpha value is -0.0200. The van der Waals surface area contributed by atoms with Crippen molar-refractivity contribution in [2.75, 3.05) is 5.33 Å². The molecule has 110 valence electrons. The highest BCUT2D eigenvalue weighted by Gasteiger charge is 2.26. The third kappa shape index (κ3) is 4.49. The fourth-order valence-electron chi connectivity index (χ4n) is 3.40. The summed E-state index contributed by atoms with van der Waals surface area (Å²) in [5.41, 5.74) is 8.54. The summed E-state index contributed by atoms with van der Waals surface area (Å²) in [5.74, 6) is 2.43. The highest BCUT2D eigenvalue weighted by atomic mass is 79.9. The number of hydrogen-bond donors (Lipinski definition) is 2. The number of rotatable bonds is 5. The van der Waals surface area contributed by atoms with Crippen LogP contribution < -0.4 is 10.9 Å². The van der Waals surface area contributed by atoms with E-state index in [4.69, 9.17) is 0 Å². The lowest BCUT2D eigenvalue weighted by molar-refractivity contribution is 0.201. The van der Waals surface area contributed by atoms with Crippen molar-refractivity contribution in [3.05, 3.63) is 11.8 Å². The van der Waals surface area contributed by atoms with Gasteiger partial charge in [0.1, 0.15) is 0 Å². The minimum absolute atomic E-state index is 0.643. The summed E-state index contributed by atoms with van der Waals surface area (Å²) in [4.78, 5) is 0. The van der Waals surface area contributed by atoms with E-state index in [0.29, 0.717) is 12.0 Å². The molecule has 0 radical (unpaired) electrons. The Balaban J connectivity index is 1.82. The quantitative estimate of drug-likeness (QED) is 0.578. The van der Waals surface area contributed by atoms with Gasteiger partial charge in [-0.05, 0) is 49.9 Å². The smallest absolute Gasteiger partial charge is 0.0288 e. The molecule has 2 aliphatic carbocycles. The minimum Gasteiger partial charge on any atom is -0.326 e. The number of halogens is 1. The Kier molecular flexibility index (Phi) is 6.21. The van der Waals surface area contributed by atoms with Crippen LogP contribution in [0.1, 0.15) is 58.8 Å². The van der Waals surface area contributed by atoms with Crippen molar-refractivity contribution in [3.63, 3.8) is 0 Å². The van der Waals surface area contributed by atoms with E-state index in [0.717, 1.165) is 17.2 Å². The summed E-state index contributed by atoms with van der Waals surface area (Å²) >= 11 is 3.60. The zero-order valence-electron chi connectivity index (χ0n) is 12.4. The zero-order chi connectivity index (χ0) is 13.7. The lowest BCUT2D eigenvalue weighted by atomic mass is 9.78. The van der Waals surface area contributed by atoms with E-state index in [1.807, 2.05) is 0 Å². The summed E-state index contributed by atoms with van der Waals surface area (Å²) in [7, 11) is 0. The third-order valence-corrected chi connectivity index (χ3v) is 5.79. The highest BCUT2D eigenvalue weighted by Crippen LogP contribution is 2.30. The lowest BCUT2D eigenvalue weighted by Crippen LogP contribution is -2.47. The van der Waals surface area contributed by atoms with Crippen LogP contribution in [0.15, 0.2) is 11.8 Å². The molecule has 1 unspecified atom stereocenters. The predicted octanol–water partition coefficient (Wildman–Crippen LogP) is 4.37. The van der Waals surface area contributed by atoms with Crippen LogP contribution in [0.5, 0.6) is 0 Å². The average Bonchev–Trinajstić information content (AvgIpc) is 2.46. The van der Waals surface area contributed by atoms with E-state index >= 15 is 0 Å². The van der Waals surface area contributed by atoms with Crippen LogP contribution in [0.3, 0.4) is 0 Å². The van der Waals surface area contributed by atoms with Crippen LogP contribution in [0.2, 0.25) is 0 Å². The first-order valence-corrected chi connectivity index (χ1v) is 9.13. The van der Waals surface area contributed by atoms with Gasteiger partial charge >= 0.3 is 0 Å². The van der Waals surface area contributed by atoms with Crippen LogP contribution >= 0.6 is 15.9 Å². The molecule has 2 nitrogen and oxygen atoms in total. The van der Waals surface area contributed by atoms with Crippen LogP contribution in [0.4, 0.5) is 0 Å². The molecule has 0 saturated heterocycles. The van der Waals surface area contributed by atoms with Gasteiger partial charge in [-0.15, -0.1) is 0 Å². The molecule has 0 aromatic carbocycles. The van der Waals surface area contributed by atoms with Crippen molar-refractivity contribution in [2.45, 2.75) is 64.8 Å². The summed E-state index contributed by atoms with van der Waals surface area (Å²) in [6, 6.07) is 0.643. The molecule has 4 atom stereocenters. The maximum Gasteiger partial charge on any atom is 0.0288 e. The van der Waals surface area contributed by atoms with Gasteiger partial charge in [0.2, 0.25) is 0 Å². The van der Waals surface area contributed by atoms with Gasteiger partial charge in [0.05, 0.1) is 0 Å². The monoisotopic (exact) mass is 328 g/mol. The number of hydrazine groups is 1. The number of nitrogens with one attached hydrogen (secondary N) is 2. The van der Waals surface area contributed by atoms with Crippen molar-refractivity contribution in [3.8, 4) is 0 Å². The molecule has 19 heavy (non-hydrogen) atoms. The summed E-state index contributed by atoms with van der Waals surface area (Å²) in [6.45, 7) is 4.72. The van der Waals surface area contributed by atoms with Gasteiger partial charge in [-0.25, -0.2) is 5.43 Å². The van der Waals surface area contributed by atoms with Gasteiger partial charge in [-0.2, -0.15) is 0 Å². The second-order valence-corrected chi connectivity index (χ2v) is 7.09. The first kappa shape index (κ1) is 15.4. The van der Waals surface area contributed by atoms with Gasteiger partial charge < -0.3 is 5.43 Å². The van der Waals surface area contributed by atoms with Gasteiger partial charge in [0, 0.05) is 17.1 Å². The third-order valence-electron chi connectivity index (χ3n) is 4.96. The number of allylic oxidation sites excluding steroid dienone is 2. The highest BCUT2D eigenvalue weighted by molar-refractivity contribution is 9.09. The van der Waals surface area contributed by atoms with E-state index in [9.17, 15) is 0 Å². The molecule has 1 fully saturated rings. The van der Waals surface area contributed by atoms with Crippen LogP contribution in [0.25, 0.3) is 0 Å². The van der Waals surface area contributed by atoms with E-state index in [1.165, 1.54) is 50.6 Å². The average molecular weight is 329 g/mol. The Morgan fingerprint density at radius 3 is 2.89 bits per heavy atom. The zero-order valence-corrected chi connectivity index (χ0v) is 14.0. The molecule has 0 aromatic rings. The van der Waals surface area contributed by atoms with Crippen LogP contribution in [0, 0.1) is 17.8 Å². The molecule has 0 bridgehead atoms. The molecule has 0 amide bonds. The van der Waals surface area contributed by atoms with Crippen LogP contribution in [-0.4, -0.2) is 11.4 Å². The van der Waals surface area contributed by atoms with Crippen molar-refractivity contribution < 1.29 is 0 Å². The molecule has 2 aliphatic rings. The number of alkyl halides is 1. The maximum atomic E-state index is 3.62. The topological polar surface area (TPSA) is 24.1 Å². The molecule has 3 heteroatoms. The fourth-order valence-corrected chi connectivity index (χ4v) is 3.91. The predicted molar refractivity (Wildman–Crippen MR) is 86.1 cm³/mol. The largest absolute Gasteiger partial charge is 0.326 e. The summed E-state index contributed by atoms with van der Waals surface area (Å²) in [5, 5.41) is 1.09. The van der Waals surface area contributed by atoms with Gasteiger partial charge in [-0.3, -0.25) is 0 Å². The first-order chi connectivity index (χ1) is 9.22. The van der Waals surface area contributed by atoms with Crippen molar-refractivity contribution in [1.82, 2.24) is 10.9 Å². The molecular formula is C16H29BrN2. The SMILES string of the molecule is CC[C@H]1CC[C@H](C)[C@H](NNC2=CC(CBr)CCC2)C1. The summed E-state index contributed by atoms with van der Waals surface area (Å²) < 4.78 is 0. The van der Waals surface area contributed by atoms with Crippen molar-refractivity contribution >= 4 is 15.9 Å².